The van der Waals surface area contributed by atoms with Gasteiger partial charge in [-0.1, -0.05) is 31.2 Å². The highest BCUT2D eigenvalue weighted by Gasteiger charge is 2.16. The van der Waals surface area contributed by atoms with Crippen LogP contribution in [0.4, 0.5) is 0 Å². The van der Waals surface area contributed by atoms with E-state index >= 15 is 0 Å². The molecule has 1 aliphatic rings. The Morgan fingerprint density at radius 2 is 2.14 bits per heavy atom. The second-order valence-corrected chi connectivity index (χ2v) is 3.77. The first kappa shape index (κ1) is 9.25. The molecule has 1 aromatic carbocycles. The fraction of sp³-hybridized carbons (Fsp3) is 0.417. The van der Waals surface area contributed by atoms with Crippen LogP contribution >= 0.6 is 0 Å². The number of benzene rings is 1. The van der Waals surface area contributed by atoms with Gasteiger partial charge in [-0.05, 0) is 18.1 Å². The van der Waals surface area contributed by atoms with E-state index in [1.165, 1.54) is 11.1 Å². The molecule has 0 saturated heterocycles. The molecule has 1 aliphatic heterocycles. The van der Waals surface area contributed by atoms with Crippen LogP contribution in [0.3, 0.4) is 0 Å². The van der Waals surface area contributed by atoms with E-state index in [0.29, 0.717) is 5.92 Å². The molecule has 1 heterocycles. The van der Waals surface area contributed by atoms with Crippen LogP contribution in [-0.4, -0.2) is 18.9 Å². The third kappa shape index (κ3) is 1.65. The minimum atomic E-state index is 0.402. The monoisotopic (exact) mass is 188 g/mol. The molecule has 2 heteroatoms. The van der Waals surface area contributed by atoms with E-state index in [0.717, 1.165) is 18.9 Å². The molecule has 0 radical (unpaired) electrons. The molecule has 0 aromatic heterocycles. The smallest absolute Gasteiger partial charge is 0.104 e. The maximum absolute atomic E-state index is 4.46. The Balaban J connectivity index is 2.26. The lowest BCUT2D eigenvalue weighted by molar-refractivity contribution is 0.914. The van der Waals surface area contributed by atoms with Crippen LogP contribution in [0.15, 0.2) is 29.3 Å². The topological polar surface area (TPSA) is 24.4 Å². The number of hydrogen-bond donors (Lipinski definition) is 1. The van der Waals surface area contributed by atoms with Crippen molar-refractivity contribution in [1.29, 1.82) is 0 Å². The van der Waals surface area contributed by atoms with Crippen molar-refractivity contribution in [1.82, 2.24) is 5.32 Å². The molecule has 0 amide bonds. The van der Waals surface area contributed by atoms with Crippen molar-refractivity contribution < 1.29 is 0 Å². The molecule has 14 heavy (non-hydrogen) atoms. The van der Waals surface area contributed by atoms with Gasteiger partial charge in [0.1, 0.15) is 5.84 Å². The van der Waals surface area contributed by atoms with Crippen LogP contribution in [0.25, 0.3) is 0 Å². The molecule has 74 valence electrons. The van der Waals surface area contributed by atoms with Crippen LogP contribution < -0.4 is 5.32 Å². The third-order valence-electron chi connectivity index (χ3n) is 2.77. The van der Waals surface area contributed by atoms with E-state index < -0.39 is 0 Å². The van der Waals surface area contributed by atoms with Gasteiger partial charge in [0.2, 0.25) is 0 Å². The Kier molecular flexibility index (Phi) is 2.53. The van der Waals surface area contributed by atoms with Gasteiger partial charge < -0.3 is 5.32 Å². The molecule has 0 fully saturated rings. The molecule has 1 atom stereocenters. The maximum atomic E-state index is 4.46. The number of nitrogens with zero attached hydrogens (tertiary/aromatic N) is 1. The van der Waals surface area contributed by atoms with Gasteiger partial charge >= 0.3 is 0 Å². The van der Waals surface area contributed by atoms with Crippen molar-refractivity contribution in [3.63, 3.8) is 0 Å². The van der Waals surface area contributed by atoms with Crippen LogP contribution in [0.2, 0.25) is 0 Å². The minimum absolute atomic E-state index is 0.402. The zero-order chi connectivity index (χ0) is 9.97. The minimum Gasteiger partial charge on any atom is -0.371 e. The SMILES string of the molecule is Cc1ccccc1C(C)C1=NCCN1. The summed E-state index contributed by atoms with van der Waals surface area (Å²) in [6, 6.07) is 8.51. The van der Waals surface area contributed by atoms with Crippen LogP contribution in [-0.2, 0) is 0 Å². The lowest BCUT2D eigenvalue weighted by Crippen LogP contribution is -2.24. The van der Waals surface area contributed by atoms with E-state index in [1.807, 2.05) is 0 Å². The van der Waals surface area contributed by atoms with Crippen LogP contribution in [0.5, 0.6) is 0 Å². The van der Waals surface area contributed by atoms with Gasteiger partial charge in [0, 0.05) is 12.5 Å². The molecular weight excluding hydrogens is 172 g/mol. The molecule has 0 bridgehead atoms. The molecule has 1 unspecified atom stereocenters. The second-order valence-electron chi connectivity index (χ2n) is 3.77. The summed E-state index contributed by atoms with van der Waals surface area (Å²) < 4.78 is 0. The second kappa shape index (κ2) is 3.82. The van der Waals surface area contributed by atoms with Gasteiger partial charge in [-0.3, -0.25) is 4.99 Å². The Labute approximate surface area is 85.1 Å². The first-order valence-electron chi connectivity index (χ1n) is 5.13. The molecule has 1 N–H and O–H groups in total. The van der Waals surface area contributed by atoms with Crippen LogP contribution in [0.1, 0.15) is 24.0 Å². The van der Waals surface area contributed by atoms with Crippen molar-refractivity contribution in [3.8, 4) is 0 Å². The quantitative estimate of drug-likeness (QED) is 0.755. The van der Waals surface area contributed by atoms with E-state index in [1.54, 1.807) is 0 Å². The highest BCUT2D eigenvalue weighted by Crippen LogP contribution is 2.20. The molecule has 1 aromatic rings. The fourth-order valence-electron chi connectivity index (χ4n) is 1.93. The highest BCUT2D eigenvalue weighted by molar-refractivity contribution is 5.90. The first-order chi connectivity index (χ1) is 6.79. The predicted octanol–water partition coefficient (Wildman–Crippen LogP) is 2.10. The van der Waals surface area contributed by atoms with Crippen LogP contribution in [0, 0.1) is 6.92 Å². The van der Waals surface area contributed by atoms with Gasteiger partial charge in [-0.15, -0.1) is 0 Å². The molecule has 0 saturated carbocycles. The summed E-state index contributed by atoms with van der Waals surface area (Å²) in [7, 11) is 0. The van der Waals surface area contributed by atoms with Gasteiger partial charge in [0.15, 0.2) is 0 Å². The van der Waals surface area contributed by atoms with Gasteiger partial charge in [-0.25, -0.2) is 0 Å². The molecular formula is C12H16N2. The molecule has 0 aliphatic carbocycles. The molecule has 2 nitrogen and oxygen atoms in total. The Bertz CT molecular complexity index is 355. The van der Waals surface area contributed by atoms with Crippen molar-refractivity contribution in [2.24, 2.45) is 4.99 Å². The van der Waals surface area contributed by atoms with E-state index in [-0.39, 0.29) is 0 Å². The summed E-state index contributed by atoms with van der Waals surface area (Å²) in [5.74, 6) is 1.54. The zero-order valence-corrected chi connectivity index (χ0v) is 8.75. The number of hydrogen-bond acceptors (Lipinski definition) is 2. The fourth-order valence-corrected chi connectivity index (χ4v) is 1.93. The van der Waals surface area contributed by atoms with Gasteiger partial charge in [-0.2, -0.15) is 0 Å². The third-order valence-corrected chi connectivity index (χ3v) is 2.77. The first-order valence-corrected chi connectivity index (χ1v) is 5.13. The number of nitrogens with one attached hydrogen (secondary N) is 1. The van der Waals surface area contributed by atoms with Crippen molar-refractivity contribution in [2.45, 2.75) is 19.8 Å². The zero-order valence-electron chi connectivity index (χ0n) is 8.75. The average molecular weight is 188 g/mol. The summed E-state index contributed by atoms with van der Waals surface area (Å²) in [4.78, 5) is 4.46. The summed E-state index contributed by atoms with van der Waals surface area (Å²) in [5, 5.41) is 3.33. The number of amidine groups is 1. The number of rotatable bonds is 2. The largest absolute Gasteiger partial charge is 0.371 e. The average Bonchev–Trinajstić information content (AvgIpc) is 2.70. The van der Waals surface area contributed by atoms with Gasteiger partial charge in [0.25, 0.3) is 0 Å². The lowest BCUT2D eigenvalue weighted by Gasteiger charge is -2.14. The van der Waals surface area contributed by atoms with Crippen molar-refractivity contribution in [2.75, 3.05) is 13.1 Å². The maximum Gasteiger partial charge on any atom is 0.104 e. The molecule has 2 rings (SSSR count). The summed E-state index contributed by atoms with van der Waals surface area (Å²) in [5.41, 5.74) is 2.72. The van der Waals surface area contributed by atoms with E-state index in [2.05, 4.69) is 48.4 Å². The number of aryl methyl sites for hydroxylation is 1. The van der Waals surface area contributed by atoms with E-state index in [9.17, 15) is 0 Å². The van der Waals surface area contributed by atoms with E-state index in [4.69, 9.17) is 0 Å². The Hall–Kier alpha value is -1.31. The normalized spacial score (nSPS) is 17.4. The summed E-state index contributed by atoms with van der Waals surface area (Å²) in [6.45, 7) is 6.28. The summed E-state index contributed by atoms with van der Waals surface area (Å²) >= 11 is 0. The highest BCUT2D eigenvalue weighted by atomic mass is 15.1. The predicted molar refractivity (Wildman–Crippen MR) is 59.9 cm³/mol. The van der Waals surface area contributed by atoms with Crippen molar-refractivity contribution >= 4 is 5.84 Å². The van der Waals surface area contributed by atoms with Crippen molar-refractivity contribution in [3.05, 3.63) is 35.4 Å². The number of aliphatic imine (C=N–C) groups is 1. The lowest BCUT2D eigenvalue weighted by atomic mass is 9.95. The van der Waals surface area contributed by atoms with Gasteiger partial charge in [0.05, 0.1) is 6.54 Å². The Morgan fingerprint density at radius 1 is 1.36 bits per heavy atom. The Morgan fingerprint density at radius 3 is 2.79 bits per heavy atom. The summed E-state index contributed by atoms with van der Waals surface area (Å²) in [6.07, 6.45) is 0. The standard InChI is InChI=1S/C12H16N2/c1-9-5-3-4-6-11(9)10(2)12-13-7-8-14-12/h3-6,10H,7-8H2,1-2H3,(H,13,14). The molecule has 0 spiro atoms.